The SMILES string of the molecule is CCC1(c2cc(-c3cccnc3)cs2)CC(=O)N(C)C(=N)N1. The molecule has 0 bridgehead atoms. The van der Waals surface area contributed by atoms with E-state index in [1.807, 2.05) is 25.3 Å². The van der Waals surface area contributed by atoms with Crippen molar-refractivity contribution in [2.24, 2.45) is 0 Å². The standard InChI is InChI=1S/C16H18N4OS/c1-3-16(8-14(21)20(2)15(17)19-16)13-7-12(10-22-13)11-5-4-6-18-9-11/h4-7,9-10H,3,8H2,1-2H3,(H2,17,19). The molecule has 1 amide bonds. The molecule has 2 N–H and O–H groups in total. The lowest BCUT2D eigenvalue weighted by Crippen LogP contribution is -2.58. The van der Waals surface area contributed by atoms with Gasteiger partial charge in [-0.2, -0.15) is 0 Å². The summed E-state index contributed by atoms with van der Waals surface area (Å²) in [7, 11) is 1.63. The van der Waals surface area contributed by atoms with E-state index in [2.05, 4.69) is 21.7 Å². The minimum Gasteiger partial charge on any atom is -0.345 e. The summed E-state index contributed by atoms with van der Waals surface area (Å²) >= 11 is 1.62. The van der Waals surface area contributed by atoms with Crippen molar-refractivity contribution in [1.29, 1.82) is 5.41 Å². The van der Waals surface area contributed by atoms with Crippen LogP contribution >= 0.6 is 11.3 Å². The average Bonchev–Trinajstić information content (AvgIpc) is 3.03. The van der Waals surface area contributed by atoms with Crippen LogP contribution in [-0.4, -0.2) is 28.8 Å². The molecule has 1 aliphatic heterocycles. The van der Waals surface area contributed by atoms with E-state index in [9.17, 15) is 4.79 Å². The van der Waals surface area contributed by atoms with Crippen molar-refractivity contribution in [2.45, 2.75) is 25.3 Å². The minimum absolute atomic E-state index is 0.0260. The molecule has 0 saturated carbocycles. The molecule has 2 aromatic heterocycles. The predicted molar refractivity (Wildman–Crippen MR) is 87.8 cm³/mol. The molecule has 1 fully saturated rings. The Morgan fingerprint density at radius 3 is 2.95 bits per heavy atom. The second kappa shape index (κ2) is 5.53. The number of rotatable bonds is 3. The predicted octanol–water partition coefficient (Wildman–Crippen LogP) is 2.80. The Hall–Kier alpha value is -2.21. The first-order valence-electron chi connectivity index (χ1n) is 7.18. The molecule has 1 aliphatic rings. The van der Waals surface area contributed by atoms with E-state index in [4.69, 9.17) is 5.41 Å². The number of nitrogens with one attached hydrogen (secondary N) is 2. The Morgan fingerprint density at radius 1 is 1.50 bits per heavy atom. The highest BCUT2D eigenvalue weighted by Gasteiger charge is 2.41. The van der Waals surface area contributed by atoms with Crippen molar-refractivity contribution in [3.05, 3.63) is 40.8 Å². The van der Waals surface area contributed by atoms with E-state index >= 15 is 0 Å². The van der Waals surface area contributed by atoms with Crippen LogP contribution in [0, 0.1) is 5.41 Å². The van der Waals surface area contributed by atoms with Gasteiger partial charge >= 0.3 is 0 Å². The van der Waals surface area contributed by atoms with Gasteiger partial charge in [-0.15, -0.1) is 11.3 Å². The van der Waals surface area contributed by atoms with Crippen molar-refractivity contribution in [3.63, 3.8) is 0 Å². The second-order valence-corrected chi connectivity index (χ2v) is 6.39. The molecule has 1 unspecified atom stereocenters. The van der Waals surface area contributed by atoms with Crippen LogP contribution in [0.1, 0.15) is 24.6 Å². The molecule has 5 nitrogen and oxygen atoms in total. The van der Waals surface area contributed by atoms with Crippen LogP contribution in [0.3, 0.4) is 0 Å². The van der Waals surface area contributed by atoms with Crippen molar-refractivity contribution < 1.29 is 4.79 Å². The summed E-state index contributed by atoms with van der Waals surface area (Å²) in [6.07, 6.45) is 4.71. The van der Waals surface area contributed by atoms with E-state index in [1.54, 1.807) is 24.6 Å². The third kappa shape index (κ3) is 2.39. The summed E-state index contributed by atoms with van der Waals surface area (Å²) in [4.78, 5) is 18.8. The molecule has 0 radical (unpaired) electrons. The quantitative estimate of drug-likeness (QED) is 0.915. The van der Waals surface area contributed by atoms with Crippen LogP contribution in [0.15, 0.2) is 36.0 Å². The van der Waals surface area contributed by atoms with Gasteiger partial charge in [0.1, 0.15) is 0 Å². The lowest BCUT2D eigenvalue weighted by molar-refractivity contribution is -0.129. The van der Waals surface area contributed by atoms with Crippen LogP contribution < -0.4 is 5.32 Å². The van der Waals surface area contributed by atoms with Crippen LogP contribution in [0.4, 0.5) is 0 Å². The molecular formula is C16H18N4OS. The highest BCUT2D eigenvalue weighted by atomic mass is 32.1. The summed E-state index contributed by atoms with van der Waals surface area (Å²) in [5.74, 6) is 0.136. The van der Waals surface area contributed by atoms with Gasteiger partial charge in [-0.1, -0.05) is 13.0 Å². The fourth-order valence-electron chi connectivity index (χ4n) is 2.66. The van der Waals surface area contributed by atoms with Crippen LogP contribution in [0.25, 0.3) is 11.1 Å². The molecule has 3 heterocycles. The number of carbonyl (C=O) groups excluding carboxylic acids is 1. The van der Waals surface area contributed by atoms with Gasteiger partial charge in [0.15, 0.2) is 5.96 Å². The summed E-state index contributed by atoms with van der Waals surface area (Å²) < 4.78 is 0. The van der Waals surface area contributed by atoms with Gasteiger partial charge in [-0.3, -0.25) is 20.1 Å². The molecular weight excluding hydrogens is 296 g/mol. The number of amides is 1. The third-order valence-corrected chi connectivity index (χ3v) is 5.32. The molecule has 2 aromatic rings. The highest BCUT2D eigenvalue weighted by Crippen LogP contribution is 2.38. The van der Waals surface area contributed by atoms with Crippen molar-refractivity contribution >= 4 is 23.2 Å². The zero-order valence-corrected chi connectivity index (χ0v) is 13.4. The Labute approximate surface area is 133 Å². The molecule has 3 rings (SSSR count). The maximum Gasteiger partial charge on any atom is 0.231 e. The number of hydrogen-bond donors (Lipinski definition) is 2. The number of hydrogen-bond acceptors (Lipinski definition) is 4. The Balaban J connectivity index is 1.97. The Kier molecular flexibility index (Phi) is 3.70. The topological polar surface area (TPSA) is 69.1 Å². The van der Waals surface area contributed by atoms with Gasteiger partial charge in [-0.05, 0) is 29.5 Å². The van der Waals surface area contributed by atoms with E-state index in [-0.39, 0.29) is 11.9 Å². The smallest absolute Gasteiger partial charge is 0.231 e. The van der Waals surface area contributed by atoms with Crippen molar-refractivity contribution in [1.82, 2.24) is 15.2 Å². The zero-order valence-electron chi connectivity index (χ0n) is 12.6. The number of aromatic nitrogens is 1. The Morgan fingerprint density at radius 2 is 2.32 bits per heavy atom. The highest BCUT2D eigenvalue weighted by molar-refractivity contribution is 7.10. The zero-order chi connectivity index (χ0) is 15.7. The lowest BCUT2D eigenvalue weighted by atomic mass is 9.87. The molecule has 0 spiro atoms. The maximum atomic E-state index is 12.2. The number of guanidine groups is 1. The largest absolute Gasteiger partial charge is 0.345 e. The van der Waals surface area contributed by atoms with E-state index in [1.165, 1.54) is 4.90 Å². The number of thiophene rings is 1. The van der Waals surface area contributed by atoms with Gasteiger partial charge in [0.25, 0.3) is 0 Å². The number of nitrogens with zero attached hydrogens (tertiary/aromatic N) is 2. The monoisotopic (exact) mass is 314 g/mol. The molecule has 0 aromatic carbocycles. The normalized spacial score (nSPS) is 21.8. The third-order valence-electron chi connectivity index (χ3n) is 4.19. The first-order chi connectivity index (χ1) is 10.6. The van der Waals surface area contributed by atoms with Gasteiger partial charge in [0.05, 0.1) is 12.0 Å². The lowest BCUT2D eigenvalue weighted by Gasteiger charge is -2.40. The van der Waals surface area contributed by atoms with Gasteiger partial charge in [0.2, 0.25) is 5.91 Å². The minimum atomic E-state index is -0.480. The summed E-state index contributed by atoms with van der Waals surface area (Å²) in [5, 5.41) is 13.3. The number of carbonyl (C=O) groups is 1. The van der Waals surface area contributed by atoms with E-state index < -0.39 is 5.54 Å². The molecule has 1 atom stereocenters. The molecule has 22 heavy (non-hydrogen) atoms. The molecule has 114 valence electrons. The van der Waals surface area contributed by atoms with Crippen molar-refractivity contribution in [2.75, 3.05) is 7.05 Å². The van der Waals surface area contributed by atoms with Gasteiger partial charge in [0, 0.05) is 29.9 Å². The summed E-state index contributed by atoms with van der Waals surface area (Å²) in [6.45, 7) is 2.04. The van der Waals surface area contributed by atoms with Gasteiger partial charge < -0.3 is 5.32 Å². The van der Waals surface area contributed by atoms with Crippen LogP contribution in [0.5, 0.6) is 0 Å². The maximum absolute atomic E-state index is 12.2. The molecule has 0 aliphatic carbocycles. The summed E-state index contributed by atoms with van der Waals surface area (Å²) in [6, 6.07) is 6.03. The second-order valence-electron chi connectivity index (χ2n) is 5.48. The van der Waals surface area contributed by atoms with Gasteiger partial charge in [-0.25, -0.2) is 0 Å². The number of pyridine rings is 1. The first-order valence-corrected chi connectivity index (χ1v) is 8.06. The van der Waals surface area contributed by atoms with E-state index in [0.29, 0.717) is 6.42 Å². The Bertz CT molecular complexity index is 692. The van der Waals surface area contributed by atoms with Crippen LogP contribution in [-0.2, 0) is 10.3 Å². The molecule has 6 heteroatoms. The summed E-state index contributed by atoms with van der Waals surface area (Å²) in [5.41, 5.74) is 1.68. The average molecular weight is 314 g/mol. The van der Waals surface area contributed by atoms with Crippen LogP contribution in [0.2, 0.25) is 0 Å². The molecule has 1 saturated heterocycles. The van der Waals surface area contributed by atoms with E-state index in [0.717, 1.165) is 22.4 Å². The fourth-order valence-corrected chi connectivity index (χ4v) is 3.81. The van der Waals surface area contributed by atoms with Crippen molar-refractivity contribution in [3.8, 4) is 11.1 Å². The first kappa shape index (κ1) is 14.7. The fraction of sp³-hybridized carbons (Fsp3) is 0.312.